The van der Waals surface area contributed by atoms with E-state index in [0.717, 1.165) is 0 Å². The molecule has 0 amide bonds. The number of rotatable bonds is 2. The first kappa shape index (κ1) is 13.0. The van der Waals surface area contributed by atoms with Gasteiger partial charge in [0.2, 0.25) is 5.88 Å². The standard InChI is InChI=1S/C13H8Cl2FN3O/c14-7-2-1-6(3-9(7)16)19-12-11-8(15)4-18-5-10(11)20-13(12)17/h1-5,19H,17H2. The predicted octanol–water partition coefficient (Wildman–Crippen LogP) is 4.60. The van der Waals surface area contributed by atoms with Crippen LogP contribution in [0.15, 0.2) is 35.0 Å². The maximum Gasteiger partial charge on any atom is 0.215 e. The summed E-state index contributed by atoms with van der Waals surface area (Å²) in [6.45, 7) is 0. The molecule has 4 nitrogen and oxygen atoms in total. The smallest absolute Gasteiger partial charge is 0.215 e. The summed E-state index contributed by atoms with van der Waals surface area (Å²) in [6, 6.07) is 4.33. The number of nitrogens with zero attached hydrogens (tertiary/aromatic N) is 1. The average Bonchev–Trinajstić information content (AvgIpc) is 2.72. The van der Waals surface area contributed by atoms with E-state index in [0.29, 0.717) is 27.4 Å². The Morgan fingerprint density at radius 1 is 1.20 bits per heavy atom. The average molecular weight is 312 g/mol. The molecule has 0 aliphatic carbocycles. The first-order chi connectivity index (χ1) is 9.56. The lowest BCUT2D eigenvalue weighted by molar-refractivity contribution is 0.628. The summed E-state index contributed by atoms with van der Waals surface area (Å²) >= 11 is 11.7. The summed E-state index contributed by atoms with van der Waals surface area (Å²) in [5, 5.41) is 4.00. The van der Waals surface area contributed by atoms with Crippen molar-refractivity contribution in [3.8, 4) is 0 Å². The van der Waals surface area contributed by atoms with Gasteiger partial charge in [0.25, 0.3) is 0 Å². The van der Waals surface area contributed by atoms with Gasteiger partial charge in [-0.3, -0.25) is 4.98 Å². The minimum absolute atomic E-state index is 0.0443. The number of hydrogen-bond acceptors (Lipinski definition) is 4. The molecule has 0 atom stereocenters. The van der Waals surface area contributed by atoms with Crippen molar-refractivity contribution in [3.05, 3.63) is 46.5 Å². The van der Waals surface area contributed by atoms with Gasteiger partial charge in [-0.2, -0.15) is 0 Å². The zero-order chi connectivity index (χ0) is 14.3. The zero-order valence-corrected chi connectivity index (χ0v) is 11.5. The molecule has 0 saturated heterocycles. The molecule has 3 rings (SSSR count). The van der Waals surface area contributed by atoms with E-state index in [-0.39, 0.29) is 10.9 Å². The molecule has 0 aliphatic rings. The van der Waals surface area contributed by atoms with Gasteiger partial charge < -0.3 is 15.5 Å². The fourth-order valence-corrected chi connectivity index (χ4v) is 2.23. The molecule has 0 radical (unpaired) electrons. The molecule has 0 bridgehead atoms. The van der Waals surface area contributed by atoms with Crippen molar-refractivity contribution in [1.82, 2.24) is 4.98 Å². The third-order valence-electron chi connectivity index (χ3n) is 2.77. The van der Waals surface area contributed by atoms with Crippen molar-refractivity contribution in [2.24, 2.45) is 0 Å². The predicted molar refractivity (Wildman–Crippen MR) is 78.1 cm³/mol. The highest BCUT2D eigenvalue weighted by Crippen LogP contribution is 2.38. The van der Waals surface area contributed by atoms with Crippen LogP contribution < -0.4 is 11.1 Å². The third kappa shape index (κ3) is 2.15. The number of pyridine rings is 1. The molecule has 0 fully saturated rings. The molecular formula is C13H8Cl2FN3O. The van der Waals surface area contributed by atoms with Crippen LogP contribution >= 0.6 is 23.2 Å². The van der Waals surface area contributed by atoms with E-state index < -0.39 is 5.82 Å². The van der Waals surface area contributed by atoms with E-state index in [4.69, 9.17) is 33.4 Å². The van der Waals surface area contributed by atoms with Crippen LogP contribution in [0.25, 0.3) is 11.0 Å². The fraction of sp³-hybridized carbons (Fsp3) is 0. The number of benzene rings is 1. The topological polar surface area (TPSA) is 64.1 Å². The summed E-state index contributed by atoms with van der Waals surface area (Å²) < 4.78 is 18.8. The number of fused-ring (bicyclic) bond motifs is 1. The maximum absolute atomic E-state index is 13.4. The summed E-state index contributed by atoms with van der Waals surface area (Å²) in [5.74, 6) is -0.388. The monoisotopic (exact) mass is 311 g/mol. The van der Waals surface area contributed by atoms with Crippen LogP contribution in [0.4, 0.5) is 21.6 Å². The summed E-state index contributed by atoms with van der Waals surface area (Å²) in [7, 11) is 0. The van der Waals surface area contributed by atoms with Crippen molar-refractivity contribution in [2.75, 3.05) is 11.1 Å². The highest BCUT2D eigenvalue weighted by atomic mass is 35.5. The lowest BCUT2D eigenvalue weighted by Crippen LogP contribution is -1.94. The molecule has 0 saturated carbocycles. The number of nitrogen functional groups attached to an aromatic ring is 1. The number of anilines is 3. The Hall–Kier alpha value is -1.98. The van der Waals surface area contributed by atoms with E-state index in [1.807, 2.05) is 0 Å². The number of aromatic nitrogens is 1. The molecule has 0 aliphatic heterocycles. The molecule has 2 heterocycles. The van der Waals surface area contributed by atoms with E-state index in [1.54, 1.807) is 6.07 Å². The molecule has 3 aromatic rings. The number of nitrogens with two attached hydrogens (primary N) is 1. The second-order valence-electron chi connectivity index (χ2n) is 4.09. The van der Waals surface area contributed by atoms with Crippen LogP contribution in [0, 0.1) is 5.82 Å². The van der Waals surface area contributed by atoms with Gasteiger partial charge in [-0.1, -0.05) is 23.2 Å². The summed E-state index contributed by atoms with van der Waals surface area (Å²) in [6.07, 6.45) is 2.98. The molecule has 102 valence electrons. The van der Waals surface area contributed by atoms with Gasteiger partial charge in [0.1, 0.15) is 11.5 Å². The number of nitrogens with one attached hydrogen (secondary N) is 1. The van der Waals surface area contributed by atoms with Crippen molar-refractivity contribution < 1.29 is 8.81 Å². The highest BCUT2D eigenvalue weighted by Gasteiger charge is 2.15. The SMILES string of the molecule is Nc1oc2cncc(Cl)c2c1Nc1ccc(Cl)c(F)c1. The Morgan fingerprint density at radius 2 is 2.00 bits per heavy atom. The second-order valence-corrected chi connectivity index (χ2v) is 4.90. The van der Waals surface area contributed by atoms with Crippen molar-refractivity contribution in [3.63, 3.8) is 0 Å². The Bertz CT molecular complexity index is 804. The van der Waals surface area contributed by atoms with Crippen LogP contribution in [0.3, 0.4) is 0 Å². The van der Waals surface area contributed by atoms with Gasteiger partial charge >= 0.3 is 0 Å². The number of hydrogen-bond donors (Lipinski definition) is 2. The van der Waals surface area contributed by atoms with E-state index in [1.165, 1.54) is 24.5 Å². The minimum atomic E-state index is -0.532. The van der Waals surface area contributed by atoms with Crippen LogP contribution in [0.5, 0.6) is 0 Å². The Morgan fingerprint density at radius 3 is 2.75 bits per heavy atom. The van der Waals surface area contributed by atoms with Crippen LogP contribution in [0.2, 0.25) is 10.0 Å². The summed E-state index contributed by atoms with van der Waals surface area (Å²) in [4.78, 5) is 3.91. The highest BCUT2D eigenvalue weighted by molar-refractivity contribution is 6.36. The molecule has 0 spiro atoms. The van der Waals surface area contributed by atoms with Gasteiger partial charge in [-0.15, -0.1) is 0 Å². The van der Waals surface area contributed by atoms with E-state index in [2.05, 4.69) is 10.3 Å². The Labute approximate surface area is 123 Å². The molecule has 7 heteroatoms. The van der Waals surface area contributed by atoms with Crippen LogP contribution in [0.1, 0.15) is 0 Å². The third-order valence-corrected chi connectivity index (χ3v) is 3.36. The second kappa shape index (κ2) is 4.85. The van der Waals surface area contributed by atoms with Gasteiger partial charge in [0, 0.05) is 11.9 Å². The lowest BCUT2D eigenvalue weighted by atomic mass is 10.2. The van der Waals surface area contributed by atoms with Crippen molar-refractivity contribution in [1.29, 1.82) is 0 Å². The zero-order valence-electron chi connectivity index (χ0n) is 9.95. The van der Waals surface area contributed by atoms with Crippen molar-refractivity contribution in [2.45, 2.75) is 0 Å². The van der Waals surface area contributed by atoms with Gasteiger partial charge in [-0.25, -0.2) is 4.39 Å². The normalized spacial score (nSPS) is 10.9. The first-order valence-corrected chi connectivity index (χ1v) is 6.35. The lowest BCUT2D eigenvalue weighted by Gasteiger charge is -2.06. The largest absolute Gasteiger partial charge is 0.437 e. The van der Waals surface area contributed by atoms with Crippen LogP contribution in [-0.2, 0) is 0 Å². The molecular weight excluding hydrogens is 304 g/mol. The minimum Gasteiger partial charge on any atom is -0.437 e. The number of halogens is 3. The Kier molecular flexibility index (Phi) is 3.16. The van der Waals surface area contributed by atoms with Gasteiger partial charge in [0.15, 0.2) is 5.58 Å². The van der Waals surface area contributed by atoms with Gasteiger partial charge in [-0.05, 0) is 18.2 Å². The first-order valence-electron chi connectivity index (χ1n) is 5.60. The Balaban J connectivity index is 2.10. The molecule has 3 N–H and O–H groups in total. The van der Waals surface area contributed by atoms with E-state index >= 15 is 0 Å². The quantitative estimate of drug-likeness (QED) is 0.726. The fourth-order valence-electron chi connectivity index (χ4n) is 1.87. The maximum atomic E-state index is 13.4. The number of furan rings is 1. The van der Waals surface area contributed by atoms with Crippen LogP contribution in [-0.4, -0.2) is 4.98 Å². The van der Waals surface area contributed by atoms with E-state index in [9.17, 15) is 4.39 Å². The van der Waals surface area contributed by atoms with Crippen molar-refractivity contribution >= 4 is 51.4 Å². The van der Waals surface area contributed by atoms with Gasteiger partial charge in [0.05, 0.1) is 21.6 Å². The molecule has 1 aromatic carbocycles. The summed E-state index contributed by atoms with van der Waals surface area (Å²) in [5.41, 5.74) is 7.20. The molecule has 0 unspecified atom stereocenters. The molecule has 20 heavy (non-hydrogen) atoms. The molecule has 2 aromatic heterocycles.